The van der Waals surface area contributed by atoms with E-state index < -0.39 is 0 Å². The summed E-state index contributed by atoms with van der Waals surface area (Å²) in [7, 11) is 0.169. The molecular weight excluding hydrogens is 332 g/mol. The molecule has 0 fully saturated rings. The first-order valence-electron chi connectivity index (χ1n) is 10.6. The topological polar surface area (TPSA) is 0 Å². The summed E-state index contributed by atoms with van der Waals surface area (Å²) in [6, 6.07) is 18.7. The average molecular weight is 370 g/mol. The lowest BCUT2D eigenvalue weighted by molar-refractivity contribution is 0.666. The van der Waals surface area contributed by atoms with E-state index in [-0.39, 0.29) is 10.9 Å². The normalized spacial score (nSPS) is 11.2. The first-order valence-corrected chi connectivity index (χ1v) is 12.2. The summed E-state index contributed by atoms with van der Waals surface area (Å²) in [5, 5.41) is 0. The highest BCUT2D eigenvalue weighted by atomic mass is 32.2. The first kappa shape index (κ1) is 21.1. The molecule has 0 heterocycles. The van der Waals surface area contributed by atoms with Gasteiger partial charge in [-0.2, -0.15) is 0 Å². The molecule has 2 aromatic carbocycles. The molecule has 0 N–H and O–H groups in total. The van der Waals surface area contributed by atoms with Crippen molar-refractivity contribution >= 4 is 10.9 Å². The molecule has 0 spiro atoms. The van der Waals surface area contributed by atoms with Crippen molar-refractivity contribution in [3.05, 3.63) is 59.7 Å². The van der Waals surface area contributed by atoms with E-state index >= 15 is 0 Å². The lowest BCUT2D eigenvalue weighted by Gasteiger charge is -2.06. The van der Waals surface area contributed by atoms with Gasteiger partial charge in [-0.1, -0.05) is 76.6 Å². The summed E-state index contributed by atoms with van der Waals surface area (Å²) in [4.78, 5) is 2.91. The van der Waals surface area contributed by atoms with Gasteiger partial charge in [-0.25, -0.2) is 0 Å². The lowest BCUT2D eigenvalue weighted by Crippen LogP contribution is -2.01. The number of hydrogen-bond donors (Lipinski definition) is 0. The molecule has 0 saturated heterocycles. The quantitative estimate of drug-likeness (QED) is 0.267. The van der Waals surface area contributed by atoms with E-state index in [2.05, 4.69) is 68.6 Å². The standard InChI is InChI=1S/C25H37S/c1-4-6-8-10-12-22-14-18-24(19-15-22)26(3)25-20-16-23(17-21-25)13-11-9-7-5-2/h14-21H,4-13H2,1-3H3/q+1. The highest BCUT2D eigenvalue weighted by Gasteiger charge is 2.18. The third kappa shape index (κ3) is 7.19. The Hall–Kier alpha value is -1.21. The maximum atomic E-state index is 2.35. The SMILES string of the molecule is CCCCCCc1ccc([S+](C)c2ccc(CCCCCC)cc2)cc1. The molecule has 0 aliphatic carbocycles. The van der Waals surface area contributed by atoms with Crippen LogP contribution in [-0.2, 0) is 23.7 Å². The van der Waals surface area contributed by atoms with Gasteiger partial charge in [-0.15, -0.1) is 0 Å². The number of aryl methyl sites for hydroxylation is 2. The van der Waals surface area contributed by atoms with Crippen molar-refractivity contribution < 1.29 is 0 Å². The van der Waals surface area contributed by atoms with Gasteiger partial charge in [0.05, 0.1) is 10.9 Å². The predicted octanol–water partition coefficient (Wildman–Crippen LogP) is 7.60. The highest BCUT2D eigenvalue weighted by molar-refractivity contribution is 7.96. The zero-order chi connectivity index (χ0) is 18.6. The minimum Gasteiger partial charge on any atom is -0.0654 e. The van der Waals surface area contributed by atoms with Crippen molar-refractivity contribution in [1.29, 1.82) is 0 Å². The maximum Gasteiger partial charge on any atom is 0.160 e. The molecule has 2 rings (SSSR count). The Balaban J connectivity index is 1.86. The van der Waals surface area contributed by atoms with Crippen LogP contribution in [0.15, 0.2) is 58.3 Å². The molecule has 26 heavy (non-hydrogen) atoms. The zero-order valence-corrected chi connectivity index (χ0v) is 17.9. The van der Waals surface area contributed by atoms with Gasteiger partial charge in [0.2, 0.25) is 0 Å². The molecule has 0 aliphatic heterocycles. The average Bonchev–Trinajstić information content (AvgIpc) is 2.69. The van der Waals surface area contributed by atoms with E-state index in [0.29, 0.717) is 0 Å². The van der Waals surface area contributed by atoms with Crippen LogP contribution in [0.4, 0.5) is 0 Å². The second-order valence-electron chi connectivity index (χ2n) is 7.42. The number of rotatable bonds is 12. The highest BCUT2D eigenvalue weighted by Crippen LogP contribution is 2.23. The fourth-order valence-corrected chi connectivity index (χ4v) is 4.73. The Morgan fingerprint density at radius 2 is 0.923 bits per heavy atom. The molecule has 0 aliphatic rings. The van der Waals surface area contributed by atoms with Gasteiger partial charge in [0.15, 0.2) is 9.79 Å². The van der Waals surface area contributed by atoms with Crippen LogP contribution < -0.4 is 0 Å². The van der Waals surface area contributed by atoms with Crippen molar-refractivity contribution in [2.24, 2.45) is 0 Å². The second-order valence-corrected chi connectivity index (χ2v) is 9.38. The van der Waals surface area contributed by atoms with Gasteiger partial charge in [0, 0.05) is 0 Å². The van der Waals surface area contributed by atoms with Gasteiger partial charge >= 0.3 is 0 Å². The van der Waals surface area contributed by atoms with E-state index in [1.54, 1.807) is 0 Å². The van der Waals surface area contributed by atoms with Crippen LogP contribution in [0.5, 0.6) is 0 Å². The second kappa shape index (κ2) is 12.2. The van der Waals surface area contributed by atoms with Crippen LogP contribution in [-0.4, -0.2) is 6.26 Å². The van der Waals surface area contributed by atoms with Gasteiger partial charge in [-0.05, 0) is 61.1 Å². The summed E-state index contributed by atoms with van der Waals surface area (Å²) < 4.78 is 0. The molecule has 0 saturated carbocycles. The van der Waals surface area contributed by atoms with Crippen molar-refractivity contribution in [2.45, 2.75) is 87.8 Å². The Kier molecular flexibility index (Phi) is 9.92. The Labute approximate surface area is 164 Å². The van der Waals surface area contributed by atoms with Crippen LogP contribution in [0.1, 0.15) is 76.3 Å². The minimum atomic E-state index is 0.169. The summed E-state index contributed by atoms with van der Waals surface area (Å²) in [6.45, 7) is 4.55. The molecule has 0 amide bonds. The molecule has 2 aromatic rings. The molecule has 0 unspecified atom stereocenters. The third-order valence-electron chi connectivity index (χ3n) is 5.19. The number of unbranched alkanes of at least 4 members (excludes halogenated alkanes) is 6. The van der Waals surface area contributed by atoms with Crippen LogP contribution >= 0.6 is 0 Å². The monoisotopic (exact) mass is 369 g/mol. The van der Waals surface area contributed by atoms with Gasteiger partial charge in [0.1, 0.15) is 6.26 Å². The van der Waals surface area contributed by atoms with Gasteiger partial charge in [0.25, 0.3) is 0 Å². The molecule has 142 valence electrons. The maximum absolute atomic E-state index is 2.35. The number of hydrogen-bond acceptors (Lipinski definition) is 0. The summed E-state index contributed by atoms with van der Waals surface area (Å²) in [5.41, 5.74) is 2.98. The number of benzene rings is 2. The smallest absolute Gasteiger partial charge is 0.0654 e. The molecule has 0 bridgehead atoms. The minimum absolute atomic E-state index is 0.169. The van der Waals surface area contributed by atoms with Crippen LogP contribution in [0.3, 0.4) is 0 Å². The fraction of sp³-hybridized carbons (Fsp3) is 0.520. The Morgan fingerprint density at radius 1 is 0.538 bits per heavy atom. The summed E-state index contributed by atoms with van der Waals surface area (Å²) >= 11 is 0. The molecule has 0 nitrogen and oxygen atoms in total. The van der Waals surface area contributed by atoms with E-state index in [1.165, 1.54) is 85.1 Å². The first-order chi connectivity index (χ1) is 12.7. The Bertz CT molecular complexity index is 542. The molecule has 0 radical (unpaired) electrons. The molecular formula is C25H37S+. The van der Waals surface area contributed by atoms with Crippen molar-refractivity contribution in [3.8, 4) is 0 Å². The molecule has 1 heteroatoms. The van der Waals surface area contributed by atoms with Crippen molar-refractivity contribution in [3.63, 3.8) is 0 Å². The predicted molar refractivity (Wildman–Crippen MR) is 118 cm³/mol. The van der Waals surface area contributed by atoms with Gasteiger partial charge in [-0.3, -0.25) is 0 Å². The molecule has 0 atom stereocenters. The van der Waals surface area contributed by atoms with Crippen molar-refractivity contribution in [2.75, 3.05) is 6.26 Å². The van der Waals surface area contributed by atoms with E-state index in [0.717, 1.165) is 0 Å². The third-order valence-corrected chi connectivity index (χ3v) is 7.15. The summed E-state index contributed by atoms with van der Waals surface area (Å²) in [6.07, 6.45) is 15.5. The molecule has 0 aromatic heterocycles. The van der Waals surface area contributed by atoms with E-state index in [1.807, 2.05) is 0 Å². The lowest BCUT2D eigenvalue weighted by atomic mass is 10.1. The van der Waals surface area contributed by atoms with Crippen molar-refractivity contribution in [1.82, 2.24) is 0 Å². The van der Waals surface area contributed by atoms with E-state index in [4.69, 9.17) is 0 Å². The zero-order valence-electron chi connectivity index (χ0n) is 17.1. The van der Waals surface area contributed by atoms with Crippen LogP contribution in [0.2, 0.25) is 0 Å². The van der Waals surface area contributed by atoms with E-state index in [9.17, 15) is 0 Å². The van der Waals surface area contributed by atoms with Crippen LogP contribution in [0.25, 0.3) is 0 Å². The Morgan fingerprint density at radius 3 is 1.27 bits per heavy atom. The largest absolute Gasteiger partial charge is 0.160 e. The fourth-order valence-electron chi connectivity index (χ4n) is 3.37. The van der Waals surface area contributed by atoms with Crippen LogP contribution in [0, 0.1) is 0 Å². The summed E-state index contributed by atoms with van der Waals surface area (Å²) in [5.74, 6) is 0. The van der Waals surface area contributed by atoms with Gasteiger partial charge < -0.3 is 0 Å².